The third-order valence-corrected chi connectivity index (χ3v) is 7.41. The van der Waals surface area contributed by atoms with Crippen LogP contribution in [0.1, 0.15) is 24.5 Å². The first-order valence-electron chi connectivity index (χ1n) is 10.6. The Balaban J connectivity index is 1.54. The van der Waals surface area contributed by atoms with E-state index in [0.717, 1.165) is 18.4 Å². The number of nitrogens with one attached hydrogen (secondary N) is 1. The lowest BCUT2D eigenvalue weighted by Crippen LogP contribution is -2.50. The molecule has 2 aromatic rings. The number of nitro groups is 1. The van der Waals surface area contributed by atoms with Crippen LogP contribution in [0.25, 0.3) is 0 Å². The summed E-state index contributed by atoms with van der Waals surface area (Å²) in [5.41, 5.74) is 2.21. The molecule has 0 spiro atoms. The zero-order chi connectivity index (χ0) is 23.3. The van der Waals surface area contributed by atoms with Crippen LogP contribution in [0.15, 0.2) is 47.4 Å². The minimum absolute atomic E-state index is 0.0298. The molecule has 1 amide bonds. The van der Waals surface area contributed by atoms with E-state index in [1.807, 2.05) is 17.0 Å². The number of hydrogen-bond donors (Lipinski definition) is 1. The summed E-state index contributed by atoms with van der Waals surface area (Å²) < 4.78 is 27.3. The first-order chi connectivity index (χ1) is 15.2. The van der Waals surface area contributed by atoms with Crippen LogP contribution in [0.4, 0.5) is 11.4 Å². The van der Waals surface area contributed by atoms with Crippen molar-refractivity contribution in [2.45, 2.75) is 31.6 Å². The third-order valence-electron chi connectivity index (χ3n) is 5.49. The summed E-state index contributed by atoms with van der Waals surface area (Å²) in [5, 5.41) is 13.6. The van der Waals surface area contributed by atoms with Gasteiger partial charge in [-0.3, -0.25) is 19.8 Å². The Morgan fingerprint density at radius 3 is 2.31 bits per heavy atom. The lowest BCUT2D eigenvalue weighted by molar-refractivity contribution is -0.384. The van der Waals surface area contributed by atoms with Crippen molar-refractivity contribution in [2.75, 3.05) is 38.0 Å². The standard InChI is InChI=1S/C22H28N4O5S/c1-3-4-18-5-8-20(9-6-18)32(30,31)25-13-11-24(12-14-25)16-22(27)23-21-10-7-19(26(28)29)15-17(21)2/h5-10,15H,3-4,11-14,16H2,1-2H3,(H,23,27). The minimum Gasteiger partial charge on any atom is -0.325 e. The van der Waals surface area contributed by atoms with Crippen LogP contribution in [-0.4, -0.2) is 61.2 Å². The van der Waals surface area contributed by atoms with Gasteiger partial charge in [-0.15, -0.1) is 0 Å². The first-order valence-corrected chi connectivity index (χ1v) is 12.0. The van der Waals surface area contributed by atoms with Crippen LogP contribution in [0.3, 0.4) is 0 Å². The molecule has 2 aromatic carbocycles. The Hall–Kier alpha value is -2.82. The number of nitro benzene ring substituents is 1. The number of sulfonamides is 1. The maximum absolute atomic E-state index is 12.9. The largest absolute Gasteiger partial charge is 0.325 e. The van der Waals surface area contributed by atoms with Crippen molar-refractivity contribution in [3.63, 3.8) is 0 Å². The highest BCUT2D eigenvalue weighted by Crippen LogP contribution is 2.22. The summed E-state index contributed by atoms with van der Waals surface area (Å²) in [6, 6.07) is 11.3. The number of hydrogen-bond acceptors (Lipinski definition) is 6. The van der Waals surface area contributed by atoms with Crippen LogP contribution in [-0.2, 0) is 21.2 Å². The van der Waals surface area contributed by atoms with Crippen molar-refractivity contribution >= 4 is 27.3 Å². The highest BCUT2D eigenvalue weighted by Gasteiger charge is 2.29. The average Bonchev–Trinajstić information content (AvgIpc) is 2.76. The maximum atomic E-state index is 12.9. The van der Waals surface area contributed by atoms with Crippen molar-refractivity contribution in [3.8, 4) is 0 Å². The van der Waals surface area contributed by atoms with Crippen molar-refractivity contribution in [3.05, 3.63) is 63.7 Å². The van der Waals surface area contributed by atoms with Gasteiger partial charge in [0.1, 0.15) is 0 Å². The smallest absolute Gasteiger partial charge is 0.269 e. The van der Waals surface area contributed by atoms with E-state index in [1.165, 1.54) is 22.5 Å². The summed E-state index contributed by atoms with van der Waals surface area (Å²) in [7, 11) is -3.56. The molecule has 172 valence electrons. The minimum atomic E-state index is -3.56. The molecular weight excluding hydrogens is 432 g/mol. The SMILES string of the molecule is CCCc1ccc(S(=O)(=O)N2CCN(CC(=O)Nc3ccc([N+](=O)[O-])cc3C)CC2)cc1. The second kappa shape index (κ2) is 10.2. The van der Waals surface area contributed by atoms with Crippen LogP contribution in [0.5, 0.6) is 0 Å². The van der Waals surface area contributed by atoms with Crippen molar-refractivity contribution < 1.29 is 18.1 Å². The number of anilines is 1. The van der Waals surface area contributed by atoms with E-state index < -0.39 is 14.9 Å². The maximum Gasteiger partial charge on any atom is 0.269 e. The molecule has 1 heterocycles. The lowest BCUT2D eigenvalue weighted by Gasteiger charge is -2.33. The van der Waals surface area contributed by atoms with Gasteiger partial charge >= 0.3 is 0 Å². The molecule has 1 aliphatic heterocycles. The van der Waals surface area contributed by atoms with Gasteiger partial charge in [0, 0.05) is 44.0 Å². The van der Waals surface area contributed by atoms with Gasteiger partial charge in [-0.25, -0.2) is 8.42 Å². The first kappa shape index (κ1) is 23.8. The predicted molar refractivity (Wildman–Crippen MR) is 122 cm³/mol. The summed E-state index contributed by atoms with van der Waals surface area (Å²) in [6.45, 7) is 5.40. The number of aryl methyl sites for hydroxylation is 2. The van der Waals surface area contributed by atoms with Crippen molar-refractivity contribution in [1.29, 1.82) is 0 Å². The quantitative estimate of drug-likeness (QED) is 0.479. The van der Waals surface area contributed by atoms with Gasteiger partial charge in [-0.1, -0.05) is 25.5 Å². The van der Waals surface area contributed by atoms with E-state index in [-0.39, 0.29) is 23.0 Å². The number of rotatable bonds is 8. The van der Waals surface area contributed by atoms with Gasteiger partial charge in [0.25, 0.3) is 5.69 Å². The summed E-state index contributed by atoms with van der Waals surface area (Å²) in [4.78, 5) is 25.0. The van der Waals surface area contributed by atoms with E-state index in [0.29, 0.717) is 37.4 Å². The molecule has 3 rings (SSSR count). The zero-order valence-corrected chi connectivity index (χ0v) is 19.1. The Morgan fingerprint density at radius 2 is 1.75 bits per heavy atom. The van der Waals surface area contributed by atoms with Crippen LogP contribution in [0.2, 0.25) is 0 Å². The Labute approximate surface area is 188 Å². The molecule has 1 fully saturated rings. The molecule has 9 nitrogen and oxygen atoms in total. The normalized spacial score (nSPS) is 15.4. The molecule has 0 aliphatic carbocycles. The van der Waals surface area contributed by atoms with Crippen molar-refractivity contribution in [1.82, 2.24) is 9.21 Å². The second-order valence-corrected chi connectivity index (χ2v) is 9.82. The number of nitrogens with zero attached hydrogens (tertiary/aromatic N) is 3. The molecule has 32 heavy (non-hydrogen) atoms. The molecule has 1 aliphatic rings. The fraction of sp³-hybridized carbons (Fsp3) is 0.409. The molecular formula is C22H28N4O5S. The Kier molecular flexibility index (Phi) is 7.60. The third kappa shape index (κ3) is 5.70. The van der Waals surface area contributed by atoms with Gasteiger partial charge in [0.15, 0.2) is 0 Å². The fourth-order valence-corrected chi connectivity index (χ4v) is 5.11. The highest BCUT2D eigenvalue weighted by molar-refractivity contribution is 7.89. The van der Waals surface area contributed by atoms with Gasteiger partial charge in [-0.2, -0.15) is 4.31 Å². The number of benzene rings is 2. The number of carbonyl (C=O) groups is 1. The number of non-ortho nitro benzene ring substituents is 1. The van der Waals surface area contributed by atoms with E-state index in [9.17, 15) is 23.3 Å². The fourth-order valence-electron chi connectivity index (χ4n) is 3.69. The predicted octanol–water partition coefficient (Wildman–Crippen LogP) is 2.80. The van der Waals surface area contributed by atoms with E-state index in [2.05, 4.69) is 12.2 Å². The molecule has 1 N–H and O–H groups in total. The Bertz CT molecular complexity index is 1080. The topological polar surface area (TPSA) is 113 Å². The molecule has 0 radical (unpaired) electrons. The van der Waals surface area contributed by atoms with E-state index >= 15 is 0 Å². The molecule has 0 saturated carbocycles. The summed E-state index contributed by atoms with van der Waals surface area (Å²) in [5.74, 6) is -0.246. The molecule has 1 saturated heterocycles. The van der Waals surface area contributed by atoms with Crippen molar-refractivity contribution in [2.24, 2.45) is 0 Å². The monoisotopic (exact) mass is 460 g/mol. The van der Waals surface area contributed by atoms with Crippen LogP contribution < -0.4 is 5.32 Å². The van der Waals surface area contributed by atoms with Crippen LogP contribution in [0, 0.1) is 17.0 Å². The average molecular weight is 461 g/mol. The summed E-state index contributed by atoms with van der Waals surface area (Å²) in [6.07, 6.45) is 1.92. The zero-order valence-electron chi connectivity index (χ0n) is 18.3. The van der Waals surface area contributed by atoms with Gasteiger partial charge in [0.2, 0.25) is 15.9 Å². The van der Waals surface area contributed by atoms with Gasteiger partial charge in [-0.05, 0) is 42.7 Å². The summed E-state index contributed by atoms with van der Waals surface area (Å²) >= 11 is 0. The molecule has 0 aromatic heterocycles. The van der Waals surface area contributed by atoms with Crippen LogP contribution >= 0.6 is 0 Å². The second-order valence-electron chi connectivity index (χ2n) is 7.88. The highest BCUT2D eigenvalue weighted by atomic mass is 32.2. The van der Waals surface area contributed by atoms with E-state index in [1.54, 1.807) is 19.1 Å². The van der Waals surface area contributed by atoms with Gasteiger partial charge < -0.3 is 5.32 Å². The van der Waals surface area contributed by atoms with E-state index in [4.69, 9.17) is 0 Å². The number of piperazine rings is 1. The molecule has 0 unspecified atom stereocenters. The number of carbonyl (C=O) groups excluding carboxylic acids is 1. The van der Waals surface area contributed by atoms with Gasteiger partial charge in [0.05, 0.1) is 16.4 Å². The number of amides is 1. The lowest BCUT2D eigenvalue weighted by atomic mass is 10.1. The molecule has 10 heteroatoms. The molecule has 0 atom stereocenters. The molecule has 0 bridgehead atoms. The Morgan fingerprint density at radius 1 is 1.09 bits per heavy atom.